The normalized spacial score (nSPS) is 11.9. The molecule has 0 heterocycles. The zero-order valence-electron chi connectivity index (χ0n) is 21.3. The number of amides is 2. The summed E-state index contributed by atoms with van der Waals surface area (Å²) in [4.78, 5) is 46.5. The van der Waals surface area contributed by atoms with Gasteiger partial charge in [-0.05, 0) is 38.0 Å². The second-order valence-corrected chi connectivity index (χ2v) is 8.17. The van der Waals surface area contributed by atoms with Crippen LogP contribution < -0.4 is 16.4 Å². The third-order valence-electron chi connectivity index (χ3n) is 4.36. The Balaban J connectivity index is -0.000000792. The average Bonchev–Trinajstić information content (AvgIpc) is 2.72. The third kappa shape index (κ3) is 20.2. The summed E-state index contributed by atoms with van der Waals surface area (Å²) in [6.07, 6.45) is 1.75. The molecule has 6 N–H and O–H groups in total. The molecule has 2 amide bonds. The number of carboxylic acid groups (broad SMARTS) is 2. The zero-order chi connectivity index (χ0) is 25.9. The van der Waals surface area contributed by atoms with Crippen molar-refractivity contribution < 1.29 is 29.4 Å². The molecule has 0 bridgehead atoms. The Morgan fingerprint density at radius 3 is 1.88 bits per heavy atom. The Kier molecular flexibility index (Phi) is 25.0. The van der Waals surface area contributed by atoms with Crippen LogP contribution >= 0.6 is 0 Å². The minimum absolute atomic E-state index is 0. The summed E-state index contributed by atoms with van der Waals surface area (Å²) in [6.45, 7) is 15.9. The molecule has 2 unspecified atom stereocenters. The Hall–Kier alpha value is -2.16. The predicted molar refractivity (Wildman–Crippen MR) is 134 cm³/mol. The highest BCUT2D eigenvalue weighted by Crippen LogP contribution is 2.25. The molecule has 0 saturated carbocycles. The minimum Gasteiger partial charge on any atom is -0.481 e. The first-order valence-corrected chi connectivity index (χ1v) is 11.7. The van der Waals surface area contributed by atoms with Gasteiger partial charge in [-0.15, -0.1) is 0 Å². The second-order valence-electron chi connectivity index (χ2n) is 8.17. The minimum atomic E-state index is -1.07. The standard InChI is InChI=1S/C19H35N3O6.2C2H6.CH4/c1-12(2)11-19(3,4)18(28)22-14(8-9-15(23)24)16(25)21-10-6-5-7-13(20)17(26)27;2*1-2;/h12-14H,5-11,20H2,1-4H3,(H,21,25)(H,22,28)(H,23,24)(H,26,27);2*1-2H3;1H4. The van der Waals surface area contributed by atoms with E-state index >= 15 is 0 Å². The Labute approximate surface area is 201 Å². The zero-order valence-corrected chi connectivity index (χ0v) is 21.3. The number of rotatable bonds is 14. The average molecular weight is 478 g/mol. The maximum absolute atomic E-state index is 12.6. The fourth-order valence-electron chi connectivity index (χ4n) is 2.95. The van der Waals surface area contributed by atoms with Gasteiger partial charge in [-0.25, -0.2) is 0 Å². The summed E-state index contributed by atoms with van der Waals surface area (Å²) in [5.41, 5.74) is 4.74. The number of hydrogen-bond acceptors (Lipinski definition) is 5. The summed E-state index contributed by atoms with van der Waals surface area (Å²) < 4.78 is 0. The number of hydrogen-bond donors (Lipinski definition) is 5. The van der Waals surface area contributed by atoms with E-state index in [1.807, 2.05) is 41.5 Å². The molecule has 0 aromatic rings. The van der Waals surface area contributed by atoms with Gasteiger partial charge in [0.2, 0.25) is 11.8 Å². The van der Waals surface area contributed by atoms with Crippen LogP contribution in [0.1, 0.15) is 101 Å². The lowest BCUT2D eigenvalue weighted by atomic mass is 9.83. The molecule has 9 nitrogen and oxygen atoms in total. The lowest BCUT2D eigenvalue weighted by molar-refractivity contribution is -0.139. The predicted octanol–water partition coefficient (Wildman–Crippen LogP) is 3.80. The first-order valence-electron chi connectivity index (χ1n) is 11.7. The van der Waals surface area contributed by atoms with Crippen molar-refractivity contribution in [2.24, 2.45) is 17.1 Å². The van der Waals surface area contributed by atoms with Gasteiger partial charge in [0, 0.05) is 18.4 Å². The van der Waals surface area contributed by atoms with Gasteiger partial charge in [-0.1, -0.05) is 62.8 Å². The van der Waals surface area contributed by atoms with Crippen molar-refractivity contribution in [3.63, 3.8) is 0 Å². The van der Waals surface area contributed by atoms with Crippen LogP contribution in [-0.2, 0) is 19.2 Å². The van der Waals surface area contributed by atoms with Gasteiger partial charge in [-0.3, -0.25) is 19.2 Å². The summed E-state index contributed by atoms with van der Waals surface area (Å²) in [7, 11) is 0. The molecule has 198 valence electrons. The monoisotopic (exact) mass is 477 g/mol. The molecule has 0 aromatic heterocycles. The van der Waals surface area contributed by atoms with Crippen LogP contribution in [0.25, 0.3) is 0 Å². The lowest BCUT2D eigenvalue weighted by Gasteiger charge is -2.28. The quantitative estimate of drug-likeness (QED) is 0.238. The van der Waals surface area contributed by atoms with E-state index in [0.29, 0.717) is 38.1 Å². The Bertz CT molecular complexity index is 550. The van der Waals surface area contributed by atoms with Gasteiger partial charge in [0.25, 0.3) is 0 Å². The van der Waals surface area contributed by atoms with Gasteiger partial charge < -0.3 is 26.6 Å². The van der Waals surface area contributed by atoms with Crippen molar-refractivity contribution >= 4 is 23.8 Å². The van der Waals surface area contributed by atoms with Gasteiger partial charge >= 0.3 is 11.9 Å². The fourth-order valence-corrected chi connectivity index (χ4v) is 2.95. The maximum atomic E-state index is 12.6. The number of carbonyl (C=O) groups excluding carboxylic acids is 2. The molecule has 0 aliphatic heterocycles. The molecule has 0 radical (unpaired) electrons. The molecule has 0 aliphatic rings. The molecule has 33 heavy (non-hydrogen) atoms. The van der Waals surface area contributed by atoms with Crippen LogP contribution in [0, 0.1) is 11.3 Å². The Morgan fingerprint density at radius 1 is 0.939 bits per heavy atom. The SMILES string of the molecule is C.CC.CC.CC(C)CC(C)(C)C(=O)NC(CCC(=O)O)C(=O)NCCCCC(N)C(=O)O. The van der Waals surface area contributed by atoms with Crippen LogP contribution in [0.15, 0.2) is 0 Å². The summed E-state index contributed by atoms with van der Waals surface area (Å²) in [6, 6.07) is -1.86. The van der Waals surface area contributed by atoms with Gasteiger partial charge in [-0.2, -0.15) is 0 Å². The van der Waals surface area contributed by atoms with E-state index in [1.54, 1.807) is 13.8 Å². The molecule has 2 atom stereocenters. The van der Waals surface area contributed by atoms with Crippen LogP contribution in [0.2, 0.25) is 0 Å². The van der Waals surface area contributed by atoms with Crippen LogP contribution in [0.4, 0.5) is 0 Å². The highest BCUT2D eigenvalue weighted by molar-refractivity contribution is 5.90. The summed E-state index contributed by atoms with van der Waals surface area (Å²) in [5, 5.41) is 23.0. The highest BCUT2D eigenvalue weighted by atomic mass is 16.4. The van der Waals surface area contributed by atoms with E-state index in [1.165, 1.54) is 0 Å². The van der Waals surface area contributed by atoms with E-state index in [2.05, 4.69) is 10.6 Å². The molecule has 9 heteroatoms. The van der Waals surface area contributed by atoms with E-state index in [9.17, 15) is 19.2 Å². The number of carboxylic acids is 2. The van der Waals surface area contributed by atoms with E-state index in [0.717, 1.165) is 0 Å². The smallest absolute Gasteiger partial charge is 0.320 e. The van der Waals surface area contributed by atoms with Gasteiger partial charge in [0.15, 0.2) is 0 Å². The molecule has 0 rings (SSSR count). The number of unbranched alkanes of at least 4 members (excludes halogenated alkanes) is 1. The first-order chi connectivity index (χ1) is 14.9. The van der Waals surface area contributed by atoms with E-state index < -0.39 is 35.3 Å². The van der Waals surface area contributed by atoms with Crippen LogP contribution in [0.5, 0.6) is 0 Å². The van der Waals surface area contributed by atoms with Crippen molar-refractivity contribution in [3.05, 3.63) is 0 Å². The summed E-state index contributed by atoms with van der Waals surface area (Å²) >= 11 is 0. The van der Waals surface area contributed by atoms with Crippen molar-refractivity contribution in [2.75, 3.05) is 6.54 Å². The summed E-state index contributed by atoms with van der Waals surface area (Å²) in [5.74, 6) is -2.55. The molecule has 0 spiro atoms. The third-order valence-corrected chi connectivity index (χ3v) is 4.36. The van der Waals surface area contributed by atoms with E-state index in [4.69, 9.17) is 15.9 Å². The first kappa shape index (κ1) is 38.1. The fraction of sp³-hybridized carbons (Fsp3) is 0.833. The molecule has 0 saturated heterocycles. The molecule has 0 fully saturated rings. The molecule has 0 aromatic carbocycles. The van der Waals surface area contributed by atoms with Crippen molar-refractivity contribution in [3.8, 4) is 0 Å². The number of carbonyl (C=O) groups is 4. The highest BCUT2D eigenvalue weighted by Gasteiger charge is 2.32. The number of aliphatic carboxylic acids is 2. The van der Waals surface area contributed by atoms with Gasteiger partial charge in [0.05, 0.1) is 0 Å². The molecule has 0 aliphatic carbocycles. The maximum Gasteiger partial charge on any atom is 0.320 e. The number of nitrogens with one attached hydrogen (secondary N) is 2. The van der Waals surface area contributed by atoms with Crippen molar-refractivity contribution in [1.29, 1.82) is 0 Å². The van der Waals surface area contributed by atoms with Crippen LogP contribution in [-0.4, -0.2) is 52.6 Å². The lowest BCUT2D eigenvalue weighted by Crippen LogP contribution is -2.51. The topological polar surface area (TPSA) is 159 Å². The largest absolute Gasteiger partial charge is 0.481 e. The second kappa shape index (κ2) is 21.7. The van der Waals surface area contributed by atoms with E-state index in [-0.39, 0.29) is 26.2 Å². The van der Waals surface area contributed by atoms with Crippen molar-refractivity contribution in [2.45, 2.75) is 113 Å². The molecular weight excluding hydrogens is 426 g/mol. The molecular formula is C24H51N3O6. The number of nitrogens with two attached hydrogens (primary N) is 1. The van der Waals surface area contributed by atoms with Crippen molar-refractivity contribution in [1.82, 2.24) is 10.6 Å². The Morgan fingerprint density at radius 2 is 1.45 bits per heavy atom. The van der Waals surface area contributed by atoms with Crippen LogP contribution in [0.3, 0.4) is 0 Å². The van der Waals surface area contributed by atoms with Gasteiger partial charge in [0.1, 0.15) is 12.1 Å².